The molecule has 2 aliphatic rings. The summed E-state index contributed by atoms with van der Waals surface area (Å²) in [5, 5.41) is 0. The normalized spacial score (nSPS) is 15.4. The monoisotopic (exact) mass is 553 g/mol. The Morgan fingerprint density at radius 3 is 0.938 bits per heavy atom. The number of rotatable bonds is 2. The number of fused-ring (bicyclic) bond motifs is 6. The average Bonchev–Trinajstić information content (AvgIpc) is 3.28. The first kappa shape index (κ1) is 23.7. The molecule has 163 valence electrons. The van der Waals surface area contributed by atoms with Gasteiger partial charge < -0.3 is 0 Å². The third kappa shape index (κ3) is 3.18. The van der Waals surface area contributed by atoms with Gasteiger partial charge in [0.05, 0.1) is 0 Å². The summed E-state index contributed by atoms with van der Waals surface area (Å²) in [5.74, 6) is 0. The molecule has 0 amide bonds. The van der Waals surface area contributed by atoms with E-state index >= 15 is 0 Å². The summed E-state index contributed by atoms with van der Waals surface area (Å²) in [6.45, 7) is 0. The Kier molecular flexibility index (Phi) is 6.00. The summed E-state index contributed by atoms with van der Waals surface area (Å²) in [6, 6.07) is 36.9. The quantitative estimate of drug-likeness (QED) is 0.226. The van der Waals surface area contributed by atoms with E-state index in [1.165, 1.54) is 29.6 Å². The first-order valence-electron chi connectivity index (χ1n) is 11.0. The molecule has 0 atom stereocenters. The van der Waals surface area contributed by atoms with E-state index in [1.807, 2.05) is 0 Å². The molecular weight excluding hydrogens is 527 g/mol. The van der Waals surface area contributed by atoms with Crippen molar-refractivity contribution >= 4 is 32.2 Å². The van der Waals surface area contributed by atoms with Crippen molar-refractivity contribution in [2.45, 2.75) is 16.5 Å². The van der Waals surface area contributed by atoms with Crippen molar-refractivity contribution in [3.8, 4) is 22.3 Å². The minimum atomic E-state index is -3.36. The number of benzene rings is 4. The van der Waals surface area contributed by atoms with Crippen LogP contribution >= 0.6 is 24.8 Å². The van der Waals surface area contributed by atoms with Crippen molar-refractivity contribution in [2.75, 3.05) is 0 Å². The zero-order valence-corrected chi connectivity index (χ0v) is 24.8. The first-order valence-corrected chi connectivity index (χ1v) is 27.2. The third-order valence-electron chi connectivity index (χ3n) is 7.73. The number of halogens is 2. The summed E-state index contributed by atoms with van der Waals surface area (Å²) in [7, 11) is 1.28. The van der Waals surface area contributed by atoms with Crippen LogP contribution in [0.1, 0.15) is 29.5 Å². The molecule has 0 nitrogen and oxygen atoms in total. The first-order chi connectivity index (χ1) is 14.5. The second-order valence-electron chi connectivity index (χ2n) is 10.6. The molecule has 0 aromatic heterocycles. The van der Waals surface area contributed by atoms with Crippen molar-refractivity contribution < 1.29 is 17.9 Å². The van der Waals surface area contributed by atoms with Crippen molar-refractivity contribution in [3.63, 3.8) is 0 Å². The zero-order chi connectivity index (χ0) is 20.5. The summed E-state index contributed by atoms with van der Waals surface area (Å²) >= 11 is -3.36. The van der Waals surface area contributed by atoms with Crippen LogP contribution in [0.3, 0.4) is 0 Å². The molecule has 0 saturated heterocycles. The standard InChI is InChI=1S/2C13H9.2CH3.2ClH.H3Si.Zr/c2*1-3-7-12-10(5-1)9-11-6-2-4-8-13(11)12;;;;;;/h2*1-9H;2*1H3;2*1H;1H3;. The van der Waals surface area contributed by atoms with Gasteiger partial charge in [0.25, 0.3) is 0 Å². The molecule has 4 aromatic carbocycles. The maximum atomic E-state index is 2.76. The molecule has 2 aliphatic carbocycles. The van der Waals surface area contributed by atoms with Gasteiger partial charge in [-0.3, -0.25) is 0 Å². The van der Waals surface area contributed by atoms with E-state index in [2.05, 4.69) is 106 Å². The van der Waals surface area contributed by atoms with E-state index in [0.29, 0.717) is 7.25 Å². The molecule has 4 heteroatoms. The Balaban J connectivity index is 0.00000122. The summed E-state index contributed by atoms with van der Waals surface area (Å²) in [4.78, 5) is 0. The van der Waals surface area contributed by atoms with Crippen LogP contribution in [0.25, 0.3) is 22.3 Å². The Labute approximate surface area is 206 Å². The van der Waals surface area contributed by atoms with Crippen LogP contribution in [0.15, 0.2) is 97.1 Å². The molecule has 4 aromatic rings. The minimum absolute atomic E-state index is 0. The van der Waals surface area contributed by atoms with E-state index in [-0.39, 0.29) is 24.8 Å². The Hall–Kier alpha value is -1.44. The fourth-order valence-corrected chi connectivity index (χ4v) is 28.3. The van der Waals surface area contributed by atoms with Gasteiger partial charge in [0.1, 0.15) is 0 Å². The van der Waals surface area contributed by atoms with Crippen LogP contribution in [-0.2, 0) is 17.9 Å². The summed E-state index contributed by atoms with van der Waals surface area (Å²) in [6.07, 6.45) is 0. The molecule has 0 spiro atoms. The van der Waals surface area contributed by atoms with Crippen molar-refractivity contribution in [1.82, 2.24) is 0 Å². The van der Waals surface area contributed by atoms with Crippen LogP contribution in [-0.4, -0.2) is 7.37 Å². The van der Waals surface area contributed by atoms with Gasteiger partial charge in [-0.25, -0.2) is 0 Å². The van der Waals surface area contributed by atoms with Crippen LogP contribution in [0.5, 0.6) is 0 Å². The predicted molar refractivity (Wildman–Crippen MR) is 144 cm³/mol. The fourth-order valence-electron chi connectivity index (χ4n) is 6.70. The zero-order valence-electron chi connectivity index (χ0n) is 18.7. The number of hydrogen-bond donors (Lipinski definition) is 0. The molecule has 0 fully saturated rings. The van der Waals surface area contributed by atoms with E-state index in [9.17, 15) is 0 Å². The number of hydrogen-bond acceptors (Lipinski definition) is 0. The molecule has 6 rings (SSSR count). The molecule has 0 saturated carbocycles. The van der Waals surface area contributed by atoms with Gasteiger partial charge in [0.2, 0.25) is 0 Å². The van der Waals surface area contributed by atoms with Gasteiger partial charge in [-0.2, -0.15) is 0 Å². The van der Waals surface area contributed by atoms with Gasteiger partial charge in [0, 0.05) is 0 Å². The van der Waals surface area contributed by atoms with Crippen LogP contribution < -0.4 is 0 Å². The topological polar surface area (TPSA) is 0 Å². The van der Waals surface area contributed by atoms with Gasteiger partial charge >= 0.3 is 183 Å². The molecule has 0 unspecified atom stereocenters. The maximum absolute atomic E-state index is 3.36. The van der Waals surface area contributed by atoms with Crippen molar-refractivity contribution in [2.24, 2.45) is 0 Å². The van der Waals surface area contributed by atoms with Gasteiger partial charge in [-0.05, 0) is 0 Å². The van der Waals surface area contributed by atoms with E-state index in [4.69, 9.17) is 0 Å². The summed E-state index contributed by atoms with van der Waals surface area (Å²) in [5.41, 5.74) is 12.2. The average molecular weight is 556 g/mol. The third-order valence-corrected chi connectivity index (χ3v) is 27.8. The van der Waals surface area contributed by atoms with Gasteiger partial charge in [-0.1, -0.05) is 0 Å². The molecule has 0 radical (unpaired) electrons. The van der Waals surface area contributed by atoms with Gasteiger partial charge in [-0.15, -0.1) is 24.8 Å². The molecule has 0 bridgehead atoms. The second-order valence-corrected chi connectivity index (χ2v) is 48.8. The predicted octanol–water partition coefficient (Wildman–Crippen LogP) is 7.44. The summed E-state index contributed by atoms with van der Waals surface area (Å²) < 4.78 is 6.71. The van der Waals surface area contributed by atoms with Gasteiger partial charge in [0.15, 0.2) is 0 Å². The molecular formula is C28H29Cl2SiZr. The second kappa shape index (κ2) is 8.10. The Morgan fingerprint density at radius 1 is 0.469 bits per heavy atom. The fraction of sp³-hybridized carbons (Fsp3) is 0.143. The van der Waals surface area contributed by atoms with E-state index in [0.717, 1.165) is 0 Å². The Bertz CT molecular complexity index is 1130. The SMILES string of the molecule is Cl.Cl.[CH3][Zr]([CH3])([SiH3])([CH]1c2ccccc2-c2ccccc21)[CH]1c2ccccc2-c2ccccc21. The van der Waals surface area contributed by atoms with Crippen LogP contribution in [0, 0.1) is 0 Å². The van der Waals surface area contributed by atoms with E-state index < -0.39 is 17.9 Å². The molecule has 0 aliphatic heterocycles. The molecule has 32 heavy (non-hydrogen) atoms. The van der Waals surface area contributed by atoms with Crippen LogP contribution in [0.4, 0.5) is 0 Å². The Morgan fingerprint density at radius 2 is 0.688 bits per heavy atom. The molecule has 0 heterocycles. The van der Waals surface area contributed by atoms with Crippen molar-refractivity contribution in [3.05, 3.63) is 119 Å². The molecule has 0 N–H and O–H groups in total. The van der Waals surface area contributed by atoms with Crippen LogP contribution in [0.2, 0.25) is 9.26 Å². The van der Waals surface area contributed by atoms with Crippen molar-refractivity contribution in [1.29, 1.82) is 0 Å². The van der Waals surface area contributed by atoms with E-state index in [1.54, 1.807) is 22.3 Å².